The molecule has 0 atom stereocenters. The number of para-hydroxylation sites is 1. The van der Waals surface area contributed by atoms with Crippen LogP contribution in [0.5, 0.6) is 5.75 Å². The number of cyclic esters (lactones) is 1. The van der Waals surface area contributed by atoms with Crippen molar-refractivity contribution >= 4 is 17.5 Å². The van der Waals surface area contributed by atoms with Gasteiger partial charge in [0.2, 0.25) is 0 Å². The van der Waals surface area contributed by atoms with Crippen molar-refractivity contribution in [3.8, 4) is 5.75 Å². The molecule has 0 radical (unpaired) electrons. The van der Waals surface area contributed by atoms with E-state index in [1.807, 2.05) is 48.5 Å². The van der Waals surface area contributed by atoms with E-state index in [9.17, 15) is 4.79 Å². The lowest BCUT2D eigenvalue weighted by Gasteiger charge is -2.29. The molecule has 0 aromatic heterocycles. The smallest absolute Gasteiger partial charge is 0.420 e. The lowest BCUT2D eigenvalue weighted by atomic mass is 10.1. The average molecular weight is 281 g/mol. The number of fused-ring (bicyclic) bond motifs is 1. The van der Waals surface area contributed by atoms with Crippen LogP contribution in [0.3, 0.4) is 0 Å². The molecule has 1 amide bonds. The third-order valence-electron chi connectivity index (χ3n) is 3.43. The number of ether oxygens (including phenoxy) is 2. The molecule has 4 nitrogen and oxygen atoms in total. The van der Waals surface area contributed by atoms with Crippen molar-refractivity contribution in [1.29, 1.82) is 0 Å². The van der Waals surface area contributed by atoms with E-state index in [1.54, 1.807) is 12.0 Å². The Hall–Kier alpha value is -2.75. The van der Waals surface area contributed by atoms with Gasteiger partial charge in [-0.25, -0.2) is 4.79 Å². The Balaban J connectivity index is 1.92. The van der Waals surface area contributed by atoms with Gasteiger partial charge in [-0.1, -0.05) is 30.8 Å². The molecule has 0 fully saturated rings. The van der Waals surface area contributed by atoms with Gasteiger partial charge in [-0.15, -0.1) is 0 Å². The molecule has 1 heterocycles. The number of amides is 1. The van der Waals surface area contributed by atoms with E-state index >= 15 is 0 Å². The minimum absolute atomic E-state index is 0.390. The molecule has 0 saturated heterocycles. The summed E-state index contributed by atoms with van der Waals surface area (Å²) in [6.45, 7) is 4.22. The highest BCUT2D eigenvalue weighted by atomic mass is 16.6. The van der Waals surface area contributed by atoms with Gasteiger partial charge in [0, 0.05) is 5.56 Å². The Bertz CT molecular complexity index is 691. The minimum Gasteiger partial charge on any atom is -0.497 e. The number of benzene rings is 2. The SMILES string of the molecule is C=C1OC(=O)N(Cc2ccc(OC)cc2)c2ccccc21. The van der Waals surface area contributed by atoms with Gasteiger partial charge < -0.3 is 9.47 Å². The number of hydrogen-bond acceptors (Lipinski definition) is 3. The first-order valence-corrected chi connectivity index (χ1v) is 6.59. The maximum atomic E-state index is 12.1. The van der Waals surface area contributed by atoms with Crippen LogP contribution in [0, 0.1) is 0 Å². The zero-order valence-electron chi connectivity index (χ0n) is 11.7. The molecule has 0 saturated carbocycles. The largest absolute Gasteiger partial charge is 0.497 e. The Morgan fingerprint density at radius 1 is 1.14 bits per heavy atom. The summed E-state index contributed by atoms with van der Waals surface area (Å²) in [5.41, 5.74) is 2.65. The van der Waals surface area contributed by atoms with Crippen LogP contribution in [0.2, 0.25) is 0 Å². The second-order valence-corrected chi connectivity index (χ2v) is 4.74. The van der Waals surface area contributed by atoms with Gasteiger partial charge in [-0.05, 0) is 29.8 Å². The quantitative estimate of drug-likeness (QED) is 0.858. The van der Waals surface area contributed by atoms with Crippen LogP contribution in [0.1, 0.15) is 11.1 Å². The Kier molecular flexibility index (Phi) is 3.36. The molecule has 0 bridgehead atoms. The third-order valence-corrected chi connectivity index (χ3v) is 3.43. The number of carbonyl (C=O) groups is 1. The second kappa shape index (κ2) is 5.32. The summed E-state index contributed by atoms with van der Waals surface area (Å²) in [4.78, 5) is 13.7. The number of carbonyl (C=O) groups excluding carboxylic acids is 1. The molecular weight excluding hydrogens is 266 g/mol. The topological polar surface area (TPSA) is 38.8 Å². The summed E-state index contributed by atoms with van der Waals surface area (Å²) in [7, 11) is 1.62. The molecule has 0 N–H and O–H groups in total. The number of nitrogens with zero attached hydrogens (tertiary/aromatic N) is 1. The first-order chi connectivity index (χ1) is 10.2. The van der Waals surface area contributed by atoms with Crippen molar-refractivity contribution < 1.29 is 14.3 Å². The standard InChI is InChI=1S/C17H15NO3/c1-12-15-5-3-4-6-16(15)18(17(19)21-12)11-13-7-9-14(20-2)10-8-13/h3-10H,1,11H2,2H3. The number of anilines is 1. The Morgan fingerprint density at radius 3 is 2.57 bits per heavy atom. The second-order valence-electron chi connectivity index (χ2n) is 4.74. The summed E-state index contributed by atoms with van der Waals surface area (Å²) in [6, 6.07) is 15.2. The van der Waals surface area contributed by atoms with Crippen LogP contribution in [0.4, 0.5) is 10.5 Å². The number of methoxy groups -OCH3 is 1. The molecule has 1 aliphatic rings. The fourth-order valence-corrected chi connectivity index (χ4v) is 2.32. The summed E-state index contributed by atoms with van der Waals surface area (Å²) >= 11 is 0. The van der Waals surface area contributed by atoms with Crippen molar-refractivity contribution in [1.82, 2.24) is 0 Å². The van der Waals surface area contributed by atoms with E-state index in [-0.39, 0.29) is 0 Å². The van der Waals surface area contributed by atoms with Crippen LogP contribution in [-0.2, 0) is 11.3 Å². The molecule has 0 unspecified atom stereocenters. The van der Waals surface area contributed by atoms with Crippen LogP contribution in [-0.4, -0.2) is 13.2 Å². The van der Waals surface area contributed by atoms with Crippen LogP contribution in [0.25, 0.3) is 5.76 Å². The fraction of sp³-hybridized carbons (Fsp3) is 0.118. The molecule has 1 aliphatic heterocycles. The highest BCUT2D eigenvalue weighted by molar-refractivity contribution is 5.98. The zero-order chi connectivity index (χ0) is 14.8. The Labute approximate surface area is 123 Å². The van der Waals surface area contributed by atoms with E-state index in [4.69, 9.17) is 9.47 Å². The molecule has 4 heteroatoms. The molecule has 2 aromatic rings. The van der Waals surface area contributed by atoms with Gasteiger partial charge in [0.25, 0.3) is 0 Å². The maximum absolute atomic E-state index is 12.1. The van der Waals surface area contributed by atoms with Crippen LogP contribution < -0.4 is 9.64 Å². The first kappa shape index (κ1) is 13.2. The molecule has 21 heavy (non-hydrogen) atoms. The van der Waals surface area contributed by atoms with E-state index in [0.29, 0.717) is 12.3 Å². The van der Waals surface area contributed by atoms with Crippen LogP contribution >= 0.6 is 0 Å². The van der Waals surface area contributed by atoms with Gasteiger partial charge in [-0.3, -0.25) is 4.90 Å². The van der Waals surface area contributed by atoms with Crippen LogP contribution in [0.15, 0.2) is 55.1 Å². The fourth-order valence-electron chi connectivity index (χ4n) is 2.32. The monoisotopic (exact) mass is 281 g/mol. The number of hydrogen-bond donors (Lipinski definition) is 0. The van der Waals surface area contributed by atoms with E-state index < -0.39 is 6.09 Å². The Morgan fingerprint density at radius 2 is 1.86 bits per heavy atom. The molecule has 0 aliphatic carbocycles. The van der Waals surface area contributed by atoms with Crippen molar-refractivity contribution in [2.45, 2.75) is 6.54 Å². The first-order valence-electron chi connectivity index (χ1n) is 6.59. The van der Waals surface area contributed by atoms with E-state index in [2.05, 4.69) is 6.58 Å². The highest BCUT2D eigenvalue weighted by Gasteiger charge is 2.28. The highest BCUT2D eigenvalue weighted by Crippen LogP contribution is 2.33. The summed E-state index contributed by atoms with van der Waals surface area (Å²) in [5, 5.41) is 0. The van der Waals surface area contributed by atoms with Crippen molar-refractivity contribution in [3.05, 3.63) is 66.2 Å². The number of rotatable bonds is 3. The van der Waals surface area contributed by atoms with Gasteiger partial charge >= 0.3 is 6.09 Å². The molecule has 0 spiro atoms. The zero-order valence-corrected chi connectivity index (χ0v) is 11.7. The summed E-state index contributed by atoms with van der Waals surface area (Å²) < 4.78 is 10.3. The van der Waals surface area contributed by atoms with Gasteiger partial charge in [0.05, 0.1) is 19.3 Å². The third kappa shape index (κ3) is 2.48. The van der Waals surface area contributed by atoms with Crippen molar-refractivity contribution in [2.24, 2.45) is 0 Å². The van der Waals surface area contributed by atoms with Crippen molar-refractivity contribution in [3.63, 3.8) is 0 Å². The summed E-state index contributed by atoms with van der Waals surface area (Å²) in [5.74, 6) is 1.18. The van der Waals surface area contributed by atoms with Gasteiger partial charge in [0.1, 0.15) is 11.5 Å². The lowest BCUT2D eigenvalue weighted by Crippen LogP contribution is -2.34. The molecular formula is C17H15NO3. The molecule has 2 aromatic carbocycles. The maximum Gasteiger partial charge on any atom is 0.420 e. The van der Waals surface area contributed by atoms with Crippen molar-refractivity contribution in [2.75, 3.05) is 12.0 Å². The average Bonchev–Trinajstić information content (AvgIpc) is 2.52. The summed E-state index contributed by atoms with van der Waals surface area (Å²) in [6.07, 6.45) is -0.408. The molecule has 3 rings (SSSR count). The predicted molar refractivity (Wildman–Crippen MR) is 81.1 cm³/mol. The van der Waals surface area contributed by atoms with Gasteiger partial charge in [0.15, 0.2) is 0 Å². The lowest BCUT2D eigenvalue weighted by molar-refractivity contribution is 0.197. The predicted octanol–water partition coefficient (Wildman–Crippen LogP) is 3.82. The van der Waals surface area contributed by atoms with E-state index in [0.717, 1.165) is 22.6 Å². The van der Waals surface area contributed by atoms with E-state index in [1.165, 1.54) is 0 Å². The normalized spacial score (nSPS) is 13.7. The minimum atomic E-state index is -0.408. The van der Waals surface area contributed by atoms with Gasteiger partial charge in [-0.2, -0.15) is 0 Å². The molecule has 106 valence electrons.